The van der Waals surface area contributed by atoms with E-state index in [9.17, 15) is 0 Å². The second kappa shape index (κ2) is 13.6. The Bertz CT molecular complexity index is 208. The van der Waals surface area contributed by atoms with E-state index in [1.165, 1.54) is 51.4 Å². The quantitative estimate of drug-likeness (QED) is 0.260. The minimum Gasteiger partial charge on any atom is -0.350 e. The predicted octanol–water partition coefficient (Wildman–Crippen LogP) is 6.33. The van der Waals surface area contributed by atoms with Crippen LogP contribution in [0.15, 0.2) is 0 Å². The second-order valence-electron chi connectivity index (χ2n) is 6.58. The van der Waals surface area contributed by atoms with Crippen LogP contribution in [0.25, 0.3) is 0 Å². The van der Waals surface area contributed by atoms with Crippen LogP contribution < -0.4 is 0 Å². The first-order valence-electron chi connectivity index (χ1n) is 9.38. The minimum atomic E-state index is -0.322. The third kappa shape index (κ3) is 11.2. The molecule has 0 amide bonds. The third-order valence-electron chi connectivity index (χ3n) is 4.08. The first-order chi connectivity index (χ1) is 10.1. The molecule has 0 atom stereocenters. The van der Waals surface area contributed by atoms with Gasteiger partial charge in [0.15, 0.2) is 5.79 Å². The predicted molar refractivity (Wildman–Crippen MR) is 92.7 cm³/mol. The number of hydrogen-bond donors (Lipinski definition) is 0. The van der Waals surface area contributed by atoms with Crippen LogP contribution in [0.2, 0.25) is 0 Å². The summed E-state index contributed by atoms with van der Waals surface area (Å²) in [6.07, 6.45) is 12.6. The number of hydrogen-bond acceptors (Lipinski definition) is 2. The summed E-state index contributed by atoms with van der Waals surface area (Å²) in [5, 5.41) is 0. The Morgan fingerprint density at radius 2 is 1.24 bits per heavy atom. The van der Waals surface area contributed by atoms with Gasteiger partial charge in [0.25, 0.3) is 0 Å². The fourth-order valence-corrected chi connectivity index (χ4v) is 2.84. The first kappa shape index (κ1) is 20.9. The zero-order chi connectivity index (χ0) is 16.0. The van der Waals surface area contributed by atoms with E-state index in [-0.39, 0.29) is 5.79 Å². The smallest absolute Gasteiger partial charge is 0.168 e. The van der Waals surface area contributed by atoms with E-state index < -0.39 is 0 Å². The minimum absolute atomic E-state index is 0.322. The molecule has 0 heterocycles. The molecule has 0 aliphatic carbocycles. The molecule has 0 unspecified atom stereocenters. The largest absolute Gasteiger partial charge is 0.350 e. The van der Waals surface area contributed by atoms with Gasteiger partial charge in [0.05, 0.1) is 0 Å². The maximum Gasteiger partial charge on any atom is 0.168 e. The molecule has 0 aliphatic heterocycles. The molecule has 2 nitrogen and oxygen atoms in total. The van der Waals surface area contributed by atoms with Crippen molar-refractivity contribution in [3.63, 3.8) is 0 Å². The molecule has 0 spiro atoms. The Hall–Kier alpha value is -0.0800. The summed E-state index contributed by atoms with van der Waals surface area (Å²) in [6.45, 7) is 12.5. The summed E-state index contributed by atoms with van der Waals surface area (Å²) in [5.41, 5.74) is 0. The van der Waals surface area contributed by atoms with Gasteiger partial charge in [-0.3, -0.25) is 0 Å². The van der Waals surface area contributed by atoms with E-state index in [4.69, 9.17) is 9.47 Å². The van der Waals surface area contributed by atoms with Gasteiger partial charge in [-0.15, -0.1) is 0 Å². The molecule has 0 saturated heterocycles. The van der Waals surface area contributed by atoms with E-state index in [1.807, 2.05) is 0 Å². The zero-order valence-corrected chi connectivity index (χ0v) is 15.4. The molecule has 128 valence electrons. The lowest BCUT2D eigenvalue weighted by Gasteiger charge is -2.34. The van der Waals surface area contributed by atoms with Gasteiger partial charge >= 0.3 is 0 Å². The molecule has 2 heteroatoms. The summed E-state index contributed by atoms with van der Waals surface area (Å²) >= 11 is 0. The summed E-state index contributed by atoms with van der Waals surface area (Å²) in [4.78, 5) is 0. The molecule has 0 rings (SSSR count). The lowest BCUT2D eigenvalue weighted by molar-refractivity contribution is -0.242. The summed E-state index contributed by atoms with van der Waals surface area (Å²) in [6, 6.07) is 0. The molecular weight excluding hydrogens is 260 g/mol. The maximum atomic E-state index is 6.04. The van der Waals surface area contributed by atoms with Crippen molar-refractivity contribution in [3.05, 3.63) is 0 Å². The number of rotatable bonds is 15. The highest BCUT2D eigenvalue weighted by Crippen LogP contribution is 2.29. The van der Waals surface area contributed by atoms with E-state index in [0.29, 0.717) is 5.92 Å². The van der Waals surface area contributed by atoms with E-state index in [1.54, 1.807) is 0 Å². The molecule has 0 aromatic heterocycles. The van der Waals surface area contributed by atoms with Crippen LogP contribution in [0.5, 0.6) is 0 Å². The molecule has 0 aliphatic rings. The summed E-state index contributed by atoms with van der Waals surface area (Å²) < 4.78 is 12.1. The van der Waals surface area contributed by atoms with Crippen molar-refractivity contribution in [3.8, 4) is 0 Å². The summed E-state index contributed by atoms with van der Waals surface area (Å²) in [7, 11) is 0. The molecule has 0 aromatic rings. The Morgan fingerprint density at radius 3 is 1.71 bits per heavy atom. The molecule has 0 radical (unpaired) electrons. The number of ether oxygens (including phenoxy) is 2. The monoisotopic (exact) mass is 300 g/mol. The fraction of sp³-hybridized carbons (Fsp3) is 1.00. The normalized spacial score (nSPS) is 12.3. The third-order valence-corrected chi connectivity index (χ3v) is 4.08. The van der Waals surface area contributed by atoms with Crippen molar-refractivity contribution in [1.29, 1.82) is 0 Å². The van der Waals surface area contributed by atoms with Gasteiger partial charge in [0.1, 0.15) is 0 Å². The van der Waals surface area contributed by atoms with Gasteiger partial charge in [0.2, 0.25) is 0 Å². The standard InChI is InChI=1S/C19H40O2/c1-6-9-10-11-12-13-14-16-19(20-7-2,21-8-3)17-15-18(4)5/h18H,6-17H2,1-5H3. The zero-order valence-electron chi connectivity index (χ0n) is 15.4. The molecule has 0 N–H and O–H groups in total. The maximum absolute atomic E-state index is 6.04. The topological polar surface area (TPSA) is 18.5 Å². The van der Waals surface area contributed by atoms with Gasteiger partial charge in [-0.25, -0.2) is 0 Å². The Labute approximate surface area is 134 Å². The van der Waals surface area contributed by atoms with Crippen molar-refractivity contribution < 1.29 is 9.47 Å². The van der Waals surface area contributed by atoms with Crippen molar-refractivity contribution in [2.24, 2.45) is 5.92 Å². The molecule has 0 fully saturated rings. The van der Waals surface area contributed by atoms with Crippen molar-refractivity contribution in [2.45, 2.75) is 105 Å². The van der Waals surface area contributed by atoms with Crippen molar-refractivity contribution in [1.82, 2.24) is 0 Å². The average molecular weight is 301 g/mol. The van der Waals surface area contributed by atoms with Crippen LogP contribution in [-0.4, -0.2) is 19.0 Å². The number of unbranched alkanes of at least 4 members (excludes halogenated alkanes) is 6. The Morgan fingerprint density at radius 1 is 0.714 bits per heavy atom. The van der Waals surface area contributed by atoms with Gasteiger partial charge in [-0.05, 0) is 32.6 Å². The highest BCUT2D eigenvalue weighted by atomic mass is 16.7. The van der Waals surface area contributed by atoms with Crippen LogP contribution in [0.4, 0.5) is 0 Å². The lowest BCUT2D eigenvalue weighted by atomic mass is 9.97. The van der Waals surface area contributed by atoms with Gasteiger partial charge in [-0.1, -0.05) is 59.3 Å². The van der Waals surface area contributed by atoms with Crippen LogP contribution in [0, 0.1) is 5.92 Å². The Kier molecular flexibility index (Phi) is 13.5. The van der Waals surface area contributed by atoms with Gasteiger partial charge in [0, 0.05) is 26.1 Å². The van der Waals surface area contributed by atoms with Crippen LogP contribution in [0.3, 0.4) is 0 Å². The Balaban J connectivity index is 4.12. The van der Waals surface area contributed by atoms with Crippen molar-refractivity contribution >= 4 is 0 Å². The SMILES string of the molecule is CCCCCCCCCC(CCC(C)C)(OCC)OCC. The molecule has 21 heavy (non-hydrogen) atoms. The second-order valence-corrected chi connectivity index (χ2v) is 6.58. The average Bonchev–Trinajstić information content (AvgIpc) is 2.45. The van der Waals surface area contributed by atoms with E-state index in [0.717, 1.165) is 26.1 Å². The lowest BCUT2D eigenvalue weighted by Crippen LogP contribution is -2.36. The summed E-state index contributed by atoms with van der Waals surface area (Å²) in [5.74, 6) is 0.385. The van der Waals surface area contributed by atoms with Gasteiger partial charge < -0.3 is 9.47 Å². The van der Waals surface area contributed by atoms with Crippen LogP contribution in [0.1, 0.15) is 98.8 Å². The van der Waals surface area contributed by atoms with E-state index >= 15 is 0 Å². The van der Waals surface area contributed by atoms with Crippen LogP contribution >= 0.6 is 0 Å². The highest BCUT2D eigenvalue weighted by molar-refractivity contribution is 4.71. The highest BCUT2D eigenvalue weighted by Gasteiger charge is 2.30. The van der Waals surface area contributed by atoms with Crippen LogP contribution in [-0.2, 0) is 9.47 Å². The molecule has 0 bridgehead atoms. The first-order valence-corrected chi connectivity index (χ1v) is 9.38. The molecule has 0 aromatic carbocycles. The molecule has 0 saturated carbocycles. The van der Waals surface area contributed by atoms with Gasteiger partial charge in [-0.2, -0.15) is 0 Å². The molecular formula is C19H40O2. The van der Waals surface area contributed by atoms with Crippen molar-refractivity contribution in [2.75, 3.05) is 13.2 Å². The van der Waals surface area contributed by atoms with E-state index in [2.05, 4.69) is 34.6 Å². The fourth-order valence-electron chi connectivity index (χ4n) is 2.84.